The van der Waals surface area contributed by atoms with Crippen LogP contribution in [0.2, 0.25) is 0 Å². The third-order valence-corrected chi connectivity index (χ3v) is 4.93. The second-order valence-corrected chi connectivity index (χ2v) is 6.80. The van der Waals surface area contributed by atoms with Gasteiger partial charge in [-0.25, -0.2) is 0 Å². The largest absolute Gasteiger partial charge is 0.347 e. The molecule has 128 valence electrons. The molecule has 0 aliphatic carbocycles. The fourth-order valence-corrected chi connectivity index (χ4v) is 3.43. The van der Waals surface area contributed by atoms with Crippen LogP contribution in [0.3, 0.4) is 0 Å². The molecule has 0 fully saturated rings. The maximum Gasteiger partial charge on any atom is 0.217 e. The van der Waals surface area contributed by atoms with Crippen LogP contribution < -0.4 is 5.32 Å². The first-order valence-electron chi connectivity index (χ1n) is 8.25. The quantitative estimate of drug-likeness (QED) is 0.736. The van der Waals surface area contributed by atoms with Crippen LogP contribution in [0.5, 0.6) is 0 Å². The Bertz CT molecular complexity index is 830. The Labute approximate surface area is 151 Å². The molecule has 0 bridgehead atoms. The highest BCUT2D eigenvalue weighted by Crippen LogP contribution is 2.27. The standard InChI is InChI=1S/C19H20N4OS/c1-3-14-7-9-15(10-8-14)12-17(21-13(2)24)19-23-22-18(25-19)16-6-4-5-11-20-16/h4-11,17H,3,12H2,1-2H3,(H,21,24). The van der Waals surface area contributed by atoms with E-state index in [2.05, 4.69) is 51.7 Å². The summed E-state index contributed by atoms with van der Waals surface area (Å²) in [5.41, 5.74) is 3.25. The fourth-order valence-electron chi connectivity index (χ4n) is 2.56. The van der Waals surface area contributed by atoms with Gasteiger partial charge in [-0.15, -0.1) is 10.2 Å². The molecule has 0 saturated heterocycles. The molecule has 0 saturated carbocycles. The van der Waals surface area contributed by atoms with Gasteiger partial charge in [-0.3, -0.25) is 9.78 Å². The molecule has 2 heterocycles. The van der Waals surface area contributed by atoms with Crippen molar-refractivity contribution < 1.29 is 4.79 Å². The Kier molecular flexibility index (Phi) is 5.50. The number of carbonyl (C=O) groups excluding carboxylic acids is 1. The van der Waals surface area contributed by atoms with E-state index >= 15 is 0 Å². The van der Waals surface area contributed by atoms with Gasteiger partial charge in [-0.1, -0.05) is 48.6 Å². The van der Waals surface area contributed by atoms with E-state index in [-0.39, 0.29) is 11.9 Å². The SMILES string of the molecule is CCc1ccc(CC(NC(C)=O)c2nnc(-c3ccccn3)s2)cc1. The number of amides is 1. The summed E-state index contributed by atoms with van der Waals surface area (Å²) in [4.78, 5) is 15.9. The van der Waals surface area contributed by atoms with E-state index in [4.69, 9.17) is 0 Å². The van der Waals surface area contributed by atoms with Gasteiger partial charge in [0, 0.05) is 13.1 Å². The molecular formula is C19H20N4OS. The molecule has 25 heavy (non-hydrogen) atoms. The number of aromatic nitrogens is 3. The van der Waals surface area contributed by atoms with Crippen molar-refractivity contribution in [2.45, 2.75) is 32.7 Å². The van der Waals surface area contributed by atoms with Crippen molar-refractivity contribution in [3.8, 4) is 10.7 Å². The highest BCUT2D eigenvalue weighted by atomic mass is 32.1. The minimum atomic E-state index is -0.195. The Balaban J connectivity index is 1.83. The van der Waals surface area contributed by atoms with Crippen LogP contribution in [-0.2, 0) is 17.6 Å². The van der Waals surface area contributed by atoms with Gasteiger partial charge in [-0.05, 0) is 36.1 Å². The van der Waals surface area contributed by atoms with Gasteiger partial charge in [0.05, 0.1) is 6.04 Å². The molecule has 3 aromatic rings. The van der Waals surface area contributed by atoms with Gasteiger partial charge in [0.1, 0.15) is 10.7 Å². The summed E-state index contributed by atoms with van der Waals surface area (Å²) in [6, 6.07) is 14.0. The average molecular weight is 352 g/mol. The predicted molar refractivity (Wildman–Crippen MR) is 99.2 cm³/mol. The highest BCUT2D eigenvalue weighted by molar-refractivity contribution is 7.14. The first kappa shape index (κ1) is 17.2. The van der Waals surface area contributed by atoms with Crippen molar-refractivity contribution in [3.05, 3.63) is 64.8 Å². The summed E-state index contributed by atoms with van der Waals surface area (Å²) in [7, 11) is 0. The van der Waals surface area contributed by atoms with Gasteiger partial charge in [0.2, 0.25) is 5.91 Å². The third-order valence-electron chi connectivity index (χ3n) is 3.87. The minimum Gasteiger partial charge on any atom is -0.347 e. The maximum absolute atomic E-state index is 11.6. The van der Waals surface area contributed by atoms with Crippen molar-refractivity contribution in [3.63, 3.8) is 0 Å². The normalized spacial score (nSPS) is 11.9. The Morgan fingerprint density at radius 1 is 1.12 bits per heavy atom. The molecule has 1 amide bonds. The summed E-state index contributed by atoms with van der Waals surface area (Å²) in [6.07, 6.45) is 3.43. The number of benzene rings is 1. The second-order valence-electron chi connectivity index (χ2n) is 5.79. The first-order chi connectivity index (χ1) is 12.2. The minimum absolute atomic E-state index is 0.0789. The van der Waals surface area contributed by atoms with Crippen LogP contribution in [0, 0.1) is 0 Å². The molecule has 1 N–H and O–H groups in total. The van der Waals surface area contributed by atoms with Crippen molar-refractivity contribution in [2.24, 2.45) is 0 Å². The number of nitrogens with one attached hydrogen (secondary N) is 1. The highest BCUT2D eigenvalue weighted by Gasteiger charge is 2.19. The van der Waals surface area contributed by atoms with Crippen molar-refractivity contribution in [1.82, 2.24) is 20.5 Å². The molecule has 2 aromatic heterocycles. The average Bonchev–Trinajstić information content (AvgIpc) is 3.12. The molecule has 0 aliphatic heterocycles. The molecule has 1 aromatic carbocycles. The molecular weight excluding hydrogens is 332 g/mol. The number of aryl methyl sites for hydroxylation is 1. The topological polar surface area (TPSA) is 67.8 Å². The molecule has 0 radical (unpaired) electrons. The lowest BCUT2D eigenvalue weighted by molar-refractivity contribution is -0.119. The Morgan fingerprint density at radius 3 is 2.52 bits per heavy atom. The van der Waals surface area contributed by atoms with Gasteiger partial charge in [0.25, 0.3) is 0 Å². The molecule has 3 rings (SSSR count). The van der Waals surface area contributed by atoms with E-state index in [0.717, 1.165) is 27.7 Å². The lowest BCUT2D eigenvalue weighted by Gasteiger charge is -2.15. The number of nitrogens with zero attached hydrogens (tertiary/aromatic N) is 3. The van der Waals surface area contributed by atoms with Crippen molar-refractivity contribution in [2.75, 3.05) is 0 Å². The summed E-state index contributed by atoms with van der Waals surface area (Å²) < 4.78 is 0. The maximum atomic E-state index is 11.6. The van der Waals surface area contributed by atoms with Crippen molar-refractivity contribution >= 4 is 17.2 Å². The molecule has 0 spiro atoms. The number of hydrogen-bond acceptors (Lipinski definition) is 5. The molecule has 5 nitrogen and oxygen atoms in total. The molecule has 1 unspecified atom stereocenters. The van der Waals surface area contributed by atoms with E-state index in [1.165, 1.54) is 23.8 Å². The number of hydrogen-bond donors (Lipinski definition) is 1. The lowest BCUT2D eigenvalue weighted by Crippen LogP contribution is -2.27. The zero-order valence-corrected chi connectivity index (χ0v) is 15.1. The second kappa shape index (κ2) is 7.98. The van der Waals surface area contributed by atoms with Gasteiger partial charge >= 0.3 is 0 Å². The molecule has 1 atom stereocenters. The van der Waals surface area contributed by atoms with Gasteiger partial charge < -0.3 is 5.32 Å². The van der Waals surface area contributed by atoms with E-state index in [1.54, 1.807) is 6.20 Å². The van der Waals surface area contributed by atoms with Crippen molar-refractivity contribution in [1.29, 1.82) is 0 Å². The first-order valence-corrected chi connectivity index (χ1v) is 9.07. The summed E-state index contributed by atoms with van der Waals surface area (Å²) in [6.45, 7) is 3.66. The summed E-state index contributed by atoms with van der Waals surface area (Å²) in [5, 5.41) is 13.1. The number of rotatable bonds is 6. The Hall–Kier alpha value is -2.60. The van der Waals surface area contributed by atoms with Crippen LogP contribution in [0.25, 0.3) is 10.7 Å². The zero-order chi connectivity index (χ0) is 17.6. The van der Waals surface area contributed by atoms with E-state index in [0.29, 0.717) is 6.42 Å². The Morgan fingerprint density at radius 2 is 1.88 bits per heavy atom. The van der Waals surface area contributed by atoms with E-state index in [9.17, 15) is 4.79 Å². The smallest absolute Gasteiger partial charge is 0.217 e. The number of pyridine rings is 1. The fraction of sp³-hybridized carbons (Fsp3) is 0.263. The van der Waals surface area contributed by atoms with Gasteiger partial charge in [0.15, 0.2) is 5.01 Å². The van der Waals surface area contributed by atoms with E-state index < -0.39 is 0 Å². The van der Waals surface area contributed by atoms with Crippen LogP contribution in [0.1, 0.15) is 36.0 Å². The number of carbonyl (C=O) groups is 1. The zero-order valence-electron chi connectivity index (χ0n) is 14.3. The van der Waals surface area contributed by atoms with Crippen LogP contribution in [0.15, 0.2) is 48.7 Å². The van der Waals surface area contributed by atoms with Crippen LogP contribution in [-0.4, -0.2) is 21.1 Å². The monoisotopic (exact) mass is 352 g/mol. The summed E-state index contributed by atoms with van der Waals surface area (Å²) >= 11 is 1.46. The third kappa shape index (κ3) is 4.48. The van der Waals surface area contributed by atoms with Gasteiger partial charge in [-0.2, -0.15) is 0 Å². The summed E-state index contributed by atoms with van der Waals surface area (Å²) in [5.74, 6) is -0.0789. The van der Waals surface area contributed by atoms with Crippen LogP contribution in [0.4, 0.5) is 0 Å². The van der Waals surface area contributed by atoms with Crippen LogP contribution >= 0.6 is 11.3 Å². The molecule has 6 heteroatoms. The lowest BCUT2D eigenvalue weighted by atomic mass is 10.0. The predicted octanol–water partition coefficient (Wildman–Crippen LogP) is 3.58. The molecule has 0 aliphatic rings. The van der Waals surface area contributed by atoms with E-state index in [1.807, 2.05) is 18.2 Å².